The fourth-order valence-electron chi connectivity index (χ4n) is 4.27. The maximum Gasteiger partial charge on any atom is 0.229 e. The predicted molar refractivity (Wildman–Crippen MR) is 140 cm³/mol. The van der Waals surface area contributed by atoms with Gasteiger partial charge in [0.2, 0.25) is 5.95 Å². The number of benzene rings is 2. The van der Waals surface area contributed by atoms with Gasteiger partial charge in [-0.05, 0) is 93.3 Å². The maximum absolute atomic E-state index is 13.0. The Morgan fingerprint density at radius 3 is 2.56 bits per heavy atom. The third-order valence-corrected chi connectivity index (χ3v) is 8.04. The molecule has 0 radical (unpaired) electrons. The summed E-state index contributed by atoms with van der Waals surface area (Å²) in [5.74, 6) is 1.65. The number of hydrogen-bond acceptors (Lipinski definition) is 6. The van der Waals surface area contributed by atoms with Crippen LogP contribution in [0.4, 0.5) is 23.1 Å². The van der Waals surface area contributed by atoms with E-state index in [1.807, 2.05) is 18.2 Å². The van der Waals surface area contributed by atoms with Crippen molar-refractivity contribution in [3.63, 3.8) is 0 Å². The molecule has 2 aliphatic rings. The molecule has 1 saturated carbocycles. The van der Waals surface area contributed by atoms with Crippen molar-refractivity contribution < 1.29 is 9.30 Å². The number of aromatic nitrogens is 2. The molecule has 0 atom stereocenters. The van der Waals surface area contributed by atoms with E-state index in [1.165, 1.54) is 30.4 Å². The Bertz CT molecular complexity index is 1260. The first-order valence-corrected chi connectivity index (χ1v) is 14.9. The number of nitrogens with zero attached hydrogens (tertiary/aromatic N) is 2. The highest BCUT2D eigenvalue weighted by atomic mass is 35.5. The first-order chi connectivity index (χ1) is 16.3. The summed E-state index contributed by atoms with van der Waals surface area (Å²) >= 11 is 6.43. The number of hydrogen-bond donors (Lipinski definition) is 2. The molecule has 0 aliphatic heterocycles. The third-order valence-electron chi connectivity index (χ3n) is 6.23. The SMILES string of the molecule is CP(C)(=O)c1cc(OC2CC2)ccc1Nc1nc(Nc2ccc3c(c2)CCCCC3)ncc1Cl. The van der Waals surface area contributed by atoms with Crippen molar-refractivity contribution in [3.05, 3.63) is 58.7 Å². The van der Waals surface area contributed by atoms with Crippen LogP contribution in [0.5, 0.6) is 5.75 Å². The van der Waals surface area contributed by atoms with Crippen LogP contribution in [0.15, 0.2) is 42.6 Å². The minimum atomic E-state index is -2.58. The van der Waals surface area contributed by atoms with Gasteiger partial charge in [0.1, 0.15) is 17.9 Å². The maximum atomic E-state index is 13.0. The molecule has 1 heterocycles. The Hall–Kier alpha value is -2.56. The molecular weight excluding hydrogens is 467 g/mol. The van der Waals surface area contributed by atoms with Crippen LogP contribution in [0.3, 0.4) is 0 Å². The third kappa shape index (κ3) is 5.56. The minimum Gasteiger partial charge on any atom is -0.490 e. The summed E-state index contributed by atoms with van der Waals surface area (Å²) in [7, 11) is -2.58. The molecule has 2 N–H and O–H groups in total. The Morgan fingerprint density at radius 1 is 1.00 bits per heavy atom. The molecular formula is C26H30ClN4O2P. The Morgan fingerprint density at radius 2 is 1.79 bits per heavy atom. The van der Waals surface area contributed by atoms with Gasteiger partial charge in [-0.1, -0.05) is 24.1 Å². The number of halogens is 1. The van der Waals surface area contributed by atoms with Gasteiger partial charge in [0.25, 0.3) is 0 Å². The van der Waals surface area contributed by atoms with E-state index in [2.05, 4.69) is 38.8 Å². The molecule has 0 spiro atoms. The summed E-state index contributed by atoms with van der Waals surface area (Å²) in [6.45, 7) is 3.50. The van der Waals surface area contributed by atoms with E-state index in [0.29, 0.717) is 27.8 Å². The fraction of sp³-hybridized carbons (Fsp3) is 0.385. The van der Waals surface area contributed by atoms with Crippen LogP contribution in [0.2, 0.25) is 5.02 Å². The second kappa shape index (κ2) is 9.59. The van der Waals surface area contributed by atoms with Crippen molar-refractivity contribution >= 4 is 47.2 Å². The van der Waals surface area contributed by atoms with Crippen LogP contribution in [-0.4, -0.2) is 29.4 Å². The molecule has 3 aromatic rings. The normalized spacial score (nSPS) is 15.9. The highest BCUT2D eigenvalue weighted by Gasteiger charge is 2.25. The van der Waals surface area contributed by atoms with Gasteiger partial charge in [0, 0.05) is 11.0 Å². The Balaban J connectivity index is 1.39. The molecule has 8 heteroatoms. The average Bonchev–Trinajstić information content (AvgIpc) is 3.63. The van der Waals surface area contributed by atoms with Crippen molar-refractivity contribution in [3.8, 4) is 5.75 Å². The van der Waals surface area contributed by atoms with Crippen molar-refractivity contribution in [1.29, 1.82) is 0 Å². The fourth-order valence-corrected chi connectivity index (χ4v) is 5.56. The standard InChI is InChI=1S/C26H30ClN4O2P/c1-34(2,32)24-15-21(33-20-10-11-20)12-13-23(24)30-25-22(27)16-28-26(31-25)29-19-9-8-17-6-4-3-5-7-18(17)14-19/h8-9,12-16,20H,3-7,10-11H2,1-2H3,(H2,28,29,30,31). The number of ether oxygens (including phenoxy) is 1. The second-order valence-electron chi connectivity index (χ2n) is 9.53. The molecule has 5 rings (SSSR count). The number of aryl methyl sites for hydroxylation is 2. The van der Waals surface area contributed by atoms with Crippen molar-refractivity contribution in [1.82, 2.24) is 9.97 Å². The zero-order valence-electron chi connectivity index (χ0n) is 19.6. The van der Waals surface area contributed by atoms with Gasteiger partial charge >= 0.3 is 0 Å². The first kappa shape index (κ1) is 23.2. The first-order valence-electron chi connectivity index (χ1n) is 11.9. The molecule has 34 heavy (non-hydrogen) atoms. The summed E-state index contributed by atoms with van der Waals surface area (Å²) in [6.07, 6.45) is 10.0. The molecule has 2 aromatic carbocycles. The largest absolute Gasteiger partial charge is 0.490 e. The summed E-state index contributed by atoms with van der Waals surface area (Å²) in [6, 6.07) is 12.1. The van der Waals surface area contributed by atoms with Gasteiger partial charge in [-0.15, -0.1) is 0 Å². The molecule has 1 fully saturated rings. The summed E-state index contributed by atoms with van der Waals surface area (Å²) < 4.78 is 19.0. The summed E-state index contributed by atoms with van der Waals surface area (Å²) in [5.41, 5.74) is 4.50. The van der Waals surface area contributed by atoms with E-state index in [-0.39, 0.29) is 6.10 Å². The molecule has 0 bridgehead atoms. The zero-order valence-corrected chi connectivity index (χ0v) is 21.3. The molecule has 178 valence electrons. The van der Waals surface area contributed by atoms with Gasteiger partial charge in [-0.2, -0.15) is 4.98 Å². The number of anilines is 4. The number of fused-ring (bicyclic) bond motifs is 1. The van der Waals surface area contributed by atoms with E-state index in [0.717, 1.165) is 37.1 Å². The summed E-state index contributed by atoms with van der Waals surface area (Å²) in [4.78, 5) is 8.97. The monoisotopic (exact) mass is 496 g/mol. The predicted octanol–water partition coefficient (Wildman–Crippen LogP) is 6.68. The van der Waals surface area contributed by atoms with Crippen molar-refractivity contribution in [2.75, 3.05) is 24.0 Å². The van der Waals surface area contributed by atoms with Gasteiger partial charge < -0.3 is 19.9 Å². The van der Waals surface area contributed by atoms with E-state index >= 15 is 0 Å². The molecule has 1 aromatic heterocycles. The smallest absolute Gasteiger partial charge is 0.229 e. The van der Waals surface area contributed by atoms with Crippen LogP contribution >= 0.6 is 18.7 Å². The molecule has 2 aliphatic carbocycles. The van der Waals surface area contributed by atoms with Crippen LogP contribution < -0.4 is 20.7 Å². The topological polar surface area (TPSA) is 76.1 Å². The molecule has 0 unspecified atom stereocenters. The van der Waals surface area contributed by atoms with Gasteiger partial charge in [-0.3, -0.25) is 0 Å². The molecule has 6 nitrogen and oxygen atoms in total. The Kier molecular flexibility index (Phi) is 6.54. The van der Waals surface area contributed by atoms with E-state index in [1.54, 1.807) is 19.5 Å². The van der Waals surface area contributed by atoms with Gasteiger partial charge in [0.05, 0.1) is 18.0 Å². The lowest BCUT2D eigenvalue weighted by atomic mass is 10.0. The molecule has 0 amide bonds. The highest BCUT2D eigenvalue weighted by Crippen LogP contribution is 2.41. The summed E-state index contributed by atoms with van der Waals surface area (Å²) in [5, 5.41) is 7.69. The second-order valence-corrected chi connectivity index (χ2v) is 13.1. The van der Waals surface area contributed by atoms with Gasteiger partial charge in [0.15, 0.2) is 5.82 Å². The van der Waals surface area contributed by atoms with Crippen LogP contribution in [0.1, 0.15) is 43.2 Å². The van der Waals surface area contributed by atoms with Crippen LogP contribution in [0.25, 0.3) is 0 Å². The average molecular weight is 497 g/mol. The quantitative estimate of drug-likeness (QED) is 0.281. The van der Waals surface area contributed by atoms with E-state index in [9.17, 15) is 4.57 Å². The van der Waals surface area contributed by atoms with Crippen molar-refractivity contribution in [2.24, 2.45) is 0 Å². The van der Waals surface area contributed by atoms with E-state index < -0.39 is 7.14 Å². The minimum absolute atomic E-state index is 0.276. The highest BCUT2D eigenvalue weighted by molar-refractivity contribution is 7.70. The number of rotatable bonds is 7. The van der Waals surface area contributed by atoms with Crippen molar-refractivity contribution in [2.45, 2.75) is 51.0 Å². The van der Waals surface area contributed by atoms with Crippen LogP contribution in [0, 0.1) is 0 Å². The molecule has 0 saturated heterocycles. The van der Waals surface area contributed by atoms with E-state index in [4.69, 9.17) is 16.3 Å². The van der Waals surface area contributed by atoms with Crippen LogP contribution in [-0.2, 0) is 17.4 Å². The number of nitrogens with one attached hydrogen (secondary N) is 2. The lowest BCUT2D eigenvalue weighted by molar-refractivity contribution is 0.303. The van der Waals surface area contributed by atoms with Gasteiger partial charge in [-0.25, -0.2) is 4.98 Å². The lowest BCUT2D eigenvalue weighted by Crippen LogP contribution is -2.12. The lowest BCUT2D eigenvalue weighted by Gasteiger charge is -2.17. The Labute approximate surface area is 205 Å². The zero-order chi connectivity index (χ0) is 23.7.